The van der Waals surface area contributed by atoms with Gasteiger partial charge in [0.05, 0.1) is 5.69 Å². The first-order chi connectivity index (χ1) is 11.0. The molecule has 2 aromatic rings. The number of aryl methyl sites for hydroxylation is 2. The number of nitrogens with two attached hydrogens (primary N) is 2. The van der Waals surface area contributed by atoms with E-state index in [1.54, 1.807) is 6.20 Å². The fourth-order valence-electron chi connectivity index (χ4n) is 2.83. The number of hydrogen-bond acceptors (Lipinski definition) is 4. The number of benzene rings is 1. The van der Waals surface area contributed by atoms with E-state index in [9.17, 15) is 0 Å². The summed E-state index contributed by atoms with van der Waals surface area (Å²) in [6.07, 6.45) is 5.59. The Morgan fingerprint density at radius 3 is 2.57 bits per heavy atom. The van der Waals surface area contributed by atoms with E-state index in [4.69, 9.17) is 11.5 Å². The molecule has 0 radical (unpaired) electrons. The molecule has 0 atom stereocenters. The summed E-state index contributed by atoms with van der Waals surface area (Å²) < 4.78 is 0. The second-order valence-corrected chi connectivity index (χ2v) is 5.73. The van der Waals surface area contributed by atoms with Gasteiger partial charge in [0.15, 0.2) is 0 Å². The van der Waals surface area contributed by atoms with Crippen molar-refractivity contribution in [3.63, 3.8) is 0 Å². The molecular weight excluding hydrogens is 284 g/mol. The van der Waals surface area contributed by atoms with Crippen LogP contribution in [0.3, 0.4) is 0 Å². The molecule has 0 aliphatic carbocycles. The normalized spacial score (nSPS) is 13.7. The number of anilines is 1. The lowest BCUT2D eigenvalue weighted by Gasteiger charge is -2.17. The summed E-state index contributed by atoms with van der Waals surface area (Å²) >= 11 is 0. The Labute approximate surface area is 136 Å². The summed E-state index contributed by atoms with van der Waals surface area (Å²) in [6.45, 7) is 7.99. The van der Waals surface area contributed by atoms with Crippen molar-refractivity contribution in [2.45, 2.75) is 13.8 Å². The van der Waals surface area contributed by atoms with Crippen LogP contribution in [0.4, 0.5) is 5.69 Å². The zero-order valence-electron chi connectivity index (χ0n) is 13.4. The molecule has 0 saturated carbocycles. The molecule has 0 unspecified atom stereocenters. The maximum absolute atomic E-state index is 6.22. The summed E-state index contributed by atoms with van der Waals surface area (Å²) in [5.74, 6) is 0.506. The molecule has 0 saturated heterocycles. The van der Waals surface area contributed by atoms with Crippen LogP contribution < -0.4 is 16.8 Å². The molecule has 0 amide bonds. The second kappa shape index (κ2) is 5.65. The summed E-state index contributed by atoms with van der Waals surface area (Å²) in [6, 6.07) is 8.14. The molecule has 116 valence electrons. The fourth-order valence-corrected chi connectivity index (χ4v) is 2.83. The molecule has 1 aliphatic rings. The zero-order chi connectivity index (χ0) is 16.6. The molecule has 0 fully saturated rings. The lowest BCUT2D eigenvalue weighted by atomic mass is 9.91. The number of aromatic nitrogens is 1. The Morgan fingerprint density at radius 1 is 1.17 bits per heavy atom. The van der Waals surface area contributed by atoms with E-state index in [1.807, 2.05) is 24.4 Å². The van der Waals surface area contributed by atoms with Crippen molar-refractivity contribution in [3.05, 3.63) is 88.7 Å². The predicted molar refractivity (Wildman–Crippen MR) is 95.4 cm³/mol. The molecule has 4 nitrogen and oxygen atoms in total. The van der Waals surface area contributed by atoms with Crippen molar-refractivity contribution in [2.24, 2.45) is 11.5 Å². The maximum atomic E-state index is 6.22. The predicted octanol–water partition coefficient (Wildman–Crippen LogP) is 3.20. The first-order valence-corrected chi connectivity index (χ1v) is 7.43. The van der Waals surface area contributed by atoms with Crippen molar-refractivity contribution >= 4 is 11.3 Å². The van der Waals surface area contributed by atoms with Crippen LogP contribution in [-0.4, -0.2) is 4.98 Å². The molecule has 5 N–H and O–H groups in total. The number of hydrogen-bond donors (Lipinski definition) is 3. The summed E-state index contributed by atoms with van der Waals surface area (Å²) in [5.41, 5.74) is 19.7. The van der Waals surface area contributed by atoms with E-state index in [-0.39, 0.29) is 0 Å². The zero-order valence-corrected chi connectivity index (χ0v) is 13.4. The molecular formula is C19H20N4. The van der Waals surface area contributed by atoms with Crippen molar-refractivity contribution < 1.29 is 0 Å². The van der Waals surface area contributed by atoms with Crippen LogP contribution in [0, 0.1) is 13.8 Å². The van der Waals surface area contributed by atoms with Gasteiger partial charge in [-0.3, -0.25) is 4.98 Å². The van der Waals surface area contributed by atoms with Gasteiger partial charge in [-0.15, -0.1) is 0 Å². The Morgan fingerprint density at radius 2 is 1.91 bits per heavy atom. The Balaban J connectivity index is 2.37. The van der Waals surface area contributed by atoms with Gasteiger partial charge < -0.3 is 16.8 Å². The SMILES string of the molecule is C=C(N)C1=C(N)Nc2c(C)ccc(C)c2C(c2cccnc2)=C1. The van der Waals surface area contributed by atoms with Crippen molar-refractivity contribution in [2.75, 3.05) is 5.32 Å². The van der Waals surface area contributed by atoms with Gasteiger partial charge >= 0.3 is 0 Å². The van der Waals surface area contributed by atoms with Crippen molar-refractivity contribution in [1.29, 1.82) is 0 Å². The molecule has 0 bridgehead atoms. The number of allylic oxidation sites excluding steroid dienone is 1. The third kappa shape index (κ3) is 2.59. The smallest absolute Gasteiger partial charge is 0.110 e. The molecule has 1 aromatic heterocycles. The van der Waals surface area contributed by atoms with E-state index >= 15 is 0 Å². The van der Waals surface area contributed by atoms with E-state index in [0.717, 1.165) is 33.5 Å². The Hall–Kier alpha value is -3.01. The Kier molecular flexibility index (Phi) is 3.66. The molecule has 3 rings (SSSR count). The van der Waals surface area contributed by atoms with E-state index in [0.29, 0.717) is 17.1 Å². The summed E-state index contributed by atoms with van der Waals surface area (Å²) in [4.78, 5) is 4.24. The number of nitrogens with zero attached hydrogens (tertiary/aromatic N) is 1. The summed E-state index contributed by atoms with van der Waals surface area (Å²) in [7, 11) is 0. The maximum Gasteiger partial charge on any atom is 0.110 e. The van der Waals surface area contributed by atoms with Crippen molar-refractivity contribution in [3.8, 4) is 0 Å². The third-order valence-corrected chi connectivity index (χ3v) is 4.05. The summed E-state index contributed by atoms with van der Waals surface area (Å²) in [5, 5.41) is 3.31. The lowest BCUT2D eigenvalue weighted by molar-refractivity contribution is 1.22. The van der Waals surface area contributed by atoms with Crippen LogP contribution >= 0.6 is 0 Å². The average Bonchev–Trinajstić information content (AvgIpc) is 2.69. The fraction of sp³-hybridized carbons (Fsp3) is 0.105. The van der Waals surface area contributed by atoms with Crippen LogP contribution in [0.1, 0.15) is 22.3 Å². The molecule has 23 heavy (non-hydrogen) atoms. The molecule has 2 heterocycles. The molecule has 1 aliphatic heterocycles. The van der Waals surface area contributed by atoms with E-state index in [1.165, 1.54) is 0 Å². The minimum Gasteiger partial charge on any atom is -0.399 e. The third-order valence-electron chi connectivity index (χ3n) is 4.05. The largest absolute Gasteiger partial charge is 0.399 e. The molecule has 1 aromatic carbocycles. The Bertz CT molecular complexity index is 845. The van der Waals surface area contributed by atoms with E-state index < -0.39 is 0 Å². The average molecular weight is 304 g/mol. The quantitative estimate of drug-likeness (QED) is 0.796. The number of nitrogens with one attached hydrogen (secondary N) is 1. The first kappa shape index (κ1) is 14.9. The monoisotopic (exact) mass is 304 g/mol. The van der Waals surface area contributed by atoms with Gasteiger partial charge in [0.25, 0.3) is 0 Å². The first-order valence-electron chi connectivity index (χ1n) is 7.43. The topological polar surface area (TPSA) is 77.0 Å². The molecule has 0 spiro atoms. The van der Waals surface area contributed by atoms with Gasteiger partial charge in [0.2, 0.25) is 0 Å². The van der Waals surface area contributed by atoms with Gasteiger partial charge in [-0.05, 0) is 42.7 Å². The van der Waals surface area contributed by atoms with E-state index in [2.05, 4.69) is 42.9 Å². The second-order valence-electron chi connectivity index (χ2n) is 5.73. The highest BCUT2D eigenvalue weighted by Gasteiger charge is 2.20. The van der Waals surface area contributed by atoms with Gasteiger partial charge in [-0.2, -0.15) is 0 Å². The van der Waals surface area contributed by atoms with Gasteiger partial charge in [-0.25, -0.2) is 0 Å². The standard InChI is InChI=1S/C19H20N4/c1-11-6-7-12(2)18-17(11)16(14-5-4-8-22-10-14)9-15(13(3)20)19(21)23-18/h4-10,23H,3,20-21H2,1-2H3. The highest BCUT2D eigenvalue weighted by molar-refractivity contribution is 5.92. The number of rotatable bonds is 2. The highest BCUT2D eigenvalue weighted by atomic mass is 15.0. The highest BCUT2D eigenvalue weighted by Crippen LogP contribution is 2.38. The number of pyridine rings is 1. The molecule has 4 heteroatoms. The van der Waals surface area contributed by atoms with Crippen LogP contribution in [0.2, 0.25) is 0 Å². The van der Waals surface area contributed by atoms with Crippen molar-refractivity contribution in [1.82, 2.24) is 4.98 Å². The van der Waals surface area contributed by atoms with Gasteiger partial charge in [-0.1, -0.05) is 24.8 Å². The van der Waals surface area contributed by atoms with Gasteiger partial charge in [0, 0.05) is 34.8 Å². The number of fused-ring (bicyclic) bond motifs is 1. The van der Waals surface area contributed by atoms with Gasteiger partial charge in [0.1, 0.15) is 5.82 Å². The minimum absolute atomic E-state index is 0.430. The minimum atomic E-state index is 0.430. The lowest BCUT2D eigenvalue weighted by Crippen LogP contribution is -2.15. The van der Waals surface area contributed by atoms with Crippen LogP contribution in [0.25, 0.3) is 5.57 Å². The van der Waals surface area contributed by atoms with Crippen LogP contribution in [-0.2, 0) is 0 Å². The van der Waals surface area contributed by atoms with Crippen LogP contribution in [0.5, 0.6) is 0 Å². The van der Waals surface area contributed by atoms with Crippen LogP contribution in [0.15, 0.2) is 66.4 Å².